The Morgan fingerprint density at radius 2 is 2.05 bits per heavy atom. The normalized spacial score (nSPS) is 25.7. The van der Waals surface area contributed by atoms with Crippen molar-refractivity contribution in [2.75, 3.05) is 13.1 Å². The monoisotopic (exact) mass is 256 g/mol. The van der Waals surface area contributed by atoms with E-state index in [0.29, 0.717) is 18.7 Å². The number of amides is 2. The standard InChI is InChI=1S/C15H16N2O2/c18-14-13-7-9-17(8-6-12(13)10-16-14)15(19)11-4-2-1-3-5-11/h1-6,8,12-13H,7,9-10H2,(H,16,18)/t12-,13+/m1/s1. The lowest BCUT2D eigenvalue weighted by atomic mass is 9.93. The summed E-state index contributed by atoms with van der Waals surface area (Å²) in [7, 11) is 0. The predicted octanol–water partition coefficient (Wildman–Crippen LogP) is 1.41. The van der Waals surface area contributed by atoms with Crippen molar-refractivity contribution in [2.45, 2.75) is 6.42 Å². The van der Waals surface area contributed by atoms with Crippen LogP contribution in [0.4, 0.5) is 0 Å². The second kappa shape index (κ2) is 4.88. The van der Waals surface area contributed by atoms with Crippen molar-refractivity contribution in [2.24, 2.45) is 11.8 Å². The molecule has 2 heterocycles. The number of benzene rings is 1. The summed E-state index contributed by atoms with van der Waals surface area (Å²) in [6.07, 6.45) is 4.54. The molecule has 0 aromatic heterocycles. The Morgan fingerprint density at radius 3 is 2.84 bits per heavy atom. The van der Waals surface area contributed by atoms with Crippen LogP contribution >= 0.6 is 0 Å². The third-order valence-corrected chi connectivity index (χ3v) is 3.84. The van der Waals surface area contributed by atoms with Crippen LogP contribution < -0.4 is 5.32 Å². The Morgan fingerprint density at radius 1 is 1.26 bits per heavy atom. The maximum absolute atomic E-state index is 12.3. The molecule has 0 saturated carbocycles. The minimum Gasteiger partial charge on any atom is -0.355 e. The van der Waals surface area contributed by atoms with Crippen LogP contribution in [-0.4, -0.2) is 29.8 Å². The Labute approximate surface area is 112 Å². The molecule has 4 heteroatoms. The molecule has 0 bridgehead atoms. The maximum atomic E-state index is 12.3. The summed E-state index contributed by atoms with van der Waals surface area (Å²) >= 11 is 0. The Bertz CT molecular complexity index is 524. The van der Waals surface area contributed by atoms with E-state index in [-0.39, 0.29) is 23.7 Å². The molecule has 1 aromatic rings. The number of fused-ring (bicyclic) bond motifs is 1. The van der Waals surface area contributed by atoms with Crippen LogP contribution in [-0.2, 0) is 4.79 Å². The van der Waals surface area contributed by atoms with Gasteiger partial charge in [0.15, 0.2) is 0 Å². The fourth-order valence-electron chi connectivity index (χ4n) is 2.72. The van der Waals surface area contributed by atoms with Crippen molar-refractivity contribution in [3.63, 3.8) is 0 Å². The Kier molecular flexibility index (Phi) is 3.07. The number of rotatable bonds is 1. The highest BCUT2D eigenvalue weighted by Gasteiger charge is 2.35. The van der Waals surface area contributed by atoms with Crippen molar-refractivity contribution >= 4 is 11.8 Å². The number of carbonyl (C=O) groups is 2. The molecular weight excluding hydrogens is 240 g/mol. The number of hydrogen-bond acceptors (Lipinski definition) is 2. The van der Waals surface area contributed by atoms with E-state index in [9.17, 15) is 9.59 Å². The first-order valence-electron chi connectivity index (χ1n) is 6.58. The quantitative estimate of drug-likeness (QED) is 0.826. The highest BCUT2D eigenvalue weighted by molar-refractivity contribution is 5.95. The largest absolute Gasteiger partial charge is 0.355 e. The molecule has 2 aliphatic rings. The molecule has 2 aliphatic heterocycles. The van der Waals surface area contributed by atoms with Crippen LogP contribution in [0.5, 0.6) is 0 Å². The van der Waals surface area contributed by atoms with E-state index in [4.69, 9.17) is 0 Å². The van der Waals surface area contributed by atoms with E-state index in [1.54, 1.807) is 4.90 Å². The molecule has 2 amide bonds. The SMILES string of the molecule is O=C1NC[C@H]2C=CN(C(=O)c3ccccc3)CC[C@H]12. The van der Waals surface area contributed by atoms with E-state index in [1.165, 1.54) is 0 Å². The van der Waals surface area contributed by atoms with Gasteiger partial charge in [-0.15, -0.1) is 0 Å². The highest BCUT2D eigenvalue weighted by Crippen LogP contribution is 2.26. The van der Waals surface area contributed by atoms with Crippen molar-refractivity contribution in [1.29, 1.82) is 0 Å². The van der Waals surface area contributed by atoms with Crippen molar-refractivity contribution in [1.82, 2.24) is 10.2 Å². The summed E-state index contributed by atoms with van der Waals surface area (Å²) in [4.78, 5) is 25.7. The zero-order chi connectivity index (χ0) is 13.2. The van der Waals surface area contributed by atoms with Crippen LogP contribution in [0.15, 0.2) is 42.6 Å². The summed E-state index contributed by atoms with van der Waals surface area (Å²) in [5.41, 5.74) is 0.684. The lowest BCUT2D eigenvalue weighted by molar-refractivity contribution is -0.122. The molecule has 1 aromatic carbocycles. The van der Waals surface area contributed by atoms with E-state index in [1.807, 2.05) is 42.6 Å². The molecule has 0 spiro atoms. The second-order valence-corrected chi connectivity index (χ2v) is 5.01. The third-order valence-electron chi connectivity index (χ3n) is 3.84. The van der Waals surface area contributed by atoms with E-state index in [0.717, 1.165) is 6.42 Å². The van der Waals surface area contributed by atoms with Crippen LogP contribution in [0.25, 0.3) is 0 Å². The van der Waals surface area contributed by atoms with Gasteiger partial charge in [-0.1, -0.05) is 24.3 Å². The van der Waals surface area contributed by atoms with Gasteiger partial charge in [-0.2, -0.15) is 0 Å². The van der Waals surface area contributed by atoms with E-state index >= 15 is 0 Å². The Hall–Kier alpha value is -2.10. The molecule has 0 unspecified atom stereocenters. The van der Waals surface area contributed by atoms with Gasteiger partial charge in [-0.3, -0.25) is 9.59 Å². The van der Waals surface area contributed by atoms with Gasteiger partial charge in [0.25, 0.3) is 5.91 Å². The predicted molar refractivity (Wildman–Crippen MR) is 71.2 cm³/mol. The molecule has 1 saturated heterocycles. The Balaban J connectivity index is 1.77. The molecule has 0 aliphatic carbocycles. The summed E-state index contributed by atoms with van der Waals surface area (Å²) in [5.74, 6) is 0.354. The van der Waals surface area contributed by atoms with Gasteiger partial charge >= 0.3 is 0 Å². The lowest BCUT2D eigenvalue weighted by Gasteiger charge is -2.17. The van der Waals surface area contributed by atoms with Gasteiger partial charge in [0.1, 0.15) is 0 Å². The first-order valence-corrected chi connectivity index (χ1v) is 6.58. The van der Waals surface area contributed by atoms with Crippen LogP contribution in [0.2, 0.25) is 0 Å². The molecule has 0 radical (unpaired) electrons. The van der Waals surface area contributed by atoms with Gasteiger partial charge in [-0.05, 0) is 18.6 Å². The minimum atomic E-state index is -0.00256. The molecular formula is C15H16N2O2. The van der Waals surface area contributed by atoms with Crippen molar-refractivity contribution in [3.8, 4) is 0 Å². The first-order chi connectivity index (χ1) is 9.25. The average Bonchev–Trinajstić information content (AvgIpc) is 2.68. The second-order valence-electron chi connectivity index (χ2n) is 5.01. The maximum Gasteiger partial charge on any atom is 0.257 e. The van der Waals surface area contributed by atoms with Crippen molar-refractivity contribution < 1.29 is 9.59 Å². The topological polar surface area (TPSA) is 49.4 Å². The third kappa shape index (κ3) is 2.26. The van der Waals surface area contributed by atoms with Crippen LogP contribution in [0, 0.1) is 11.8 Å². The van der Waals surface area contributed by atoms with Gasteiger partial charge in [-0.25, -0.2) is 0 Å². The molecule has 1 N–H and O–H groups in total. The van der Waals surface area contributed by atoms with Crippen molar-refractivity contribution in [3.05, 3.63) is 48.2 Å². The van der Waals surface area contributed by atoms with Crippen LogP contribution in [0.3, 0.4) is 0 Å². The number of nitrogens with zero attached hydrogens (tertiary/aromatic N) is 1. The zero-order valence-corrected chi connectivity index (χ0v) is 10.6. The fraction of sp³-hybridized carbons (Fsp3) is 0.333. The molecule has 98 valence electrons. The smallest absolute Gasteiger partial charge is 0.257 e. The average molecular weight is 256 g/mol. The lowest BCUT2D eigenvalue weighted by Crippen LogP contribution is -2.28. The number of nitrogens with one attached hydrogen (secondary N) is 1. The number of hydrogen-bond donors (Lipinski definition) is 1. The number of carbonyl (C=O) groups excluding carboxylic acids is 2. The first kappa shape index (κ1) is 12.0. The molecule has 4 nitrogen and oxygen atoms in total. The minimum absolute atomic E-state index is 0.00256. The molecule has 19 heavy (non-hydrogen) atoms. The summed E-state index contributed by atoms with van der Waals surface area (Å²) < 4.78 is 0. The molecule has 3 rings (SSSR count). The summed E-state index contributed by atoms with van der Waals surface area (Å²) in [6, 6.07) is 9.24. The van der Waals surface area contributed by atoms with Crippen LogP contribution in [0.1, 0.15) is 16.8 Å². The van der Waals surface area contributed by atoms with Gasteiger partial charge < -0.3 is 10.2 Å². The van der Waals surface area contributed by atoms with Gasteiger partial charge in [0.2, 0.25) is 5.91 Å². The van der Waals surface area contributed by atoms with E-state index < -0.39 is 0 Å². The molecule has 2 atom stereocenters. The van der Waals surface area contributed by atoms with Gasteiger partial charge in [0, 0.05) is 36.7 Å². The zero-order valence-electron chi connectivity index (χ0n) is 10.6. The summed E-state index contributed by atoms with van der Waals surface area (Å²) in [5, 5.41) is 2.87. The molecule has 1 fully saturated rings. The van der Waals surface area contributed by atoms with Gasteiger partial charge in [0.05, 0.1) is 0 Å². The van der Waals surface area contributed by atoms with E-state index in [2.05, 4.69) is 5.32 Å². The summed E-state index contributed by atoms with van der Waals surface area (Å²) in [6.45, 7) is 1.28. The highest BCUT2D eigenvalue weighted by atomic mass is 16.2. The fourth-order valence-corrected chi connectivity index (χ4v) is 2.72.